The zero-order valence-electron chi connectivity index (χ0n) is 20.8. The molecule has 0 spiro atoms. The van der Waals surface area contributed by atoms with E-state index in [0.717, 1.165) is 63.8 Å². The molecule has 1 saturated heterocycles. The predicted molar refractivity (Wildman–Crippen MR) is 132 cm³/mol. The van der Waals surface area contributed by atoms with Crippen molar-refractivity contribution in [3.63, 3.8) is 0 Å². The molecule has 1 heterocycles. The van der Waals surface area contributed by atoms with Gasteiger partial charge in [0, 0.05) is 38.4 Å². The number of hydrogen-bond acceptors (Lipinski definition) is 5. The molecule has 0 bridgehead atoms. The summed E-state index contributed by atoms with van der Waals surface area (Å²) in [5.41, 5.74) is 1.14. The van der Waals surface area contributed by atoms with E-state index < -0.39 is 9.84 Å². The molecule has 1 unspecified atom stereocenters. The van der Waals surface area contributed by atoms with E-state index in [1.165, 1.54) is 6.26 Å². The molecule has 0 radical (unpaired) electrons. The first-order valence-corrected chi connectivity index (χ1v) is 14.1. The molecule has 2 amide bonds. The predicted octanol–water partition coefficient (Wildman–Crippen LogP) is 2.98. The molecule has 2 rings (SSSR count). The molecule has 0 N–H and O–H groups in total. The molecule has 0 aromatic heterocycles. The average Bonchev–Trinajstić information content (AvgIpc) is 2.96. The normalized spacial score (nSPS) is 16.2. The third-order valence-corrected chi connectivity index (χ3v) is 7.46. The van der Waals surface area contributed by atoms with Crippen LogP contribution >= 0.6 is 0 Å². The summed E-state index contributed by atoms with van der Waals surface area (Å²) in [5, 5.41) is 0. The standard InChI is InChI=1S/C25H41N3O4S/c1-5-14-26(21(3)19-22-10-12-23(13-11-22)33(4,31)32)15-7-8-16-27-17-9-18-28(20-25(27)30)24(29)6-2/h10-13,21H,5-9,14-20H2,1-4H3. The van der Waals surface area contributed by atoms with Gasteiger partial charge in [0.25, 0.3) is 0 Å². The lowest BCUT2D eigenvalue weighted by molar-refractivity contribution is -0.138. The van der Waals surface area contributed by atoms with Gasteiger partial charge in [0.15, 0.2) is 9.84 Å². The smallest absolute Gasteiger partial charge is 0.242 e. The minimum absolute atomic E-state index is 0.0559. The molecular weight excluding hydrogens is 438 g/mol. The van der Waals surface area contributed by atoms with Crippen molar-refractivity contribution in [2.75, 3.05) is 45.5 Å². The summed E-state index contributed by atoms with van der Waals surface area (Å²) in [4.78, 5) is 30.9. The Labute approximate surface area is 200 Å². The van der Waals surface area contributed by atoms with E-state index in [-0.39, 0.29) is 18.4 Å². The van der Waals surface area contributed by atoms with Crippen LogP contribution in [0.2, 0.25) is 0 Å². The van der Waals surface area contributed by atoms with Crippen LogP contribution in [0.5, 0.6) is 0 Å². The van der Waals surface area contributed by atoms with E-state index in [4.69, 9.17) is 0 Å². The van der Waals surface area contributed by atoms with Crippen LogP contribution in [0.3, 0.4) is 0 Å². The van der Waals surface area contributed by atoms with Crippen molar-refractivity contribution in [1.29, 1.82) is 0 Å². The van der Waals surface area contributed by atoms with Crippen molar-refractivity contribution in [1.82, 2.24) is 14.7 Å². The summed E-state index contributed by atoms with van der Waals surface area (Å²) >= 11 is 0. The third-order valence-electron chi connectivity index (χ3n) is 6.33. The summed E-state index contributed by atoms with van der Waals surface area (Å²) < 4.78 is 23.3. The second-order valence-electron chi connectivity index (χ2n) is 9.12. The molecule has 1 aromatic rings. The minimum atomic E-state index is -3.17. The monoisotopic (exact) mass is 479 g/mol. The van der Waals surface area contributed by atoms with Gasteiger partial charge in [-0.1, -0.05) is 26.0 Å². The highest BCUT2D eigenvalue weighted by Crippen LogP contribution is 2.15. The Balaban J connectivity index is 1.82. The lowest BCUT2D eigenvalue weighted by atomic mass is 10.1. The second-order valence-corrected chi connectivity index (χ2v) is 11.1. The van der Waals surface area contributed by atoms with Crippen molar-refractivity contribution in [3.05, 3.63) is 29.8 Å². The Morgan fingerprint density at radius 1 is 1.09 bits per heavy atom. The molecule has 1 atom stereocenters. The molecule has 7 nitrogen and oxygen atoms in total. The highest BCUT2D eigenvalue weighted by Gasteiger charge is 2.23. The molecule has 1 aliphatic heterocycles. The van der Waals surface area contributed by atoms with Gasteiger partial charge in [0.2, 0.25) is 11.8 Å². The summed E-state index contributed by atoms with van der Waals surface area (Å²) in [6.45, 7) is 10.6. The largest absolute Gasteiger partial charge is 0.341 e. The molecule has 1 fully saturated rings. The van der Waals surface area contributed by atoms with Gasteiger partial charge in [0.1, 0.15) is 0 Å². The van der Waals surface area contributed by atoms with Crippen LogP contribution in [-0.2, 0) is 25.8 Å². The number of sulfone groups is 1. The lowest BCUT2D eigenvalue weighted by Gasteiger charge is -2.29. The summed E-state index contributed by atoms with van der Waals surface area (Å²) in [7, 11) is -3.17. The van der Waals surface area contributed by atoms with Gasteiger partial charge < -0.3 is 14.7 Å². The van der Waals surface area contributed by atoms with E-state index in [2.05, 4.69) is 18.7 Å². The van der Waals surface area contributed by atoms with E-state index in [0.29, 0.717) is 23.9 Å². The quantitative estimate of drug-likeness (QED) is 0.431. The lowest BCUT2D eigenvalue weighted by Crippen LogP contribution is -2.40. The maximum absolute atomic E-state index is 12.6. The Morgan fingerprint density at radius 3 is 2.39 bits per heavy atom. The van der Waals surface area contributed by atoms with E-state index in [9.17, 15) is 18.0 Å². The van der Waals surface area contributed by atoms with Crippen molar-refractivity contribution in [2.24, 2.45) is 0 Å². The van der Waals surface area contributed by atoms with Gasteiger partial charge in [0.05, 0.1) is 11.4 Å². The van der Waals surface area contributed by atoms with Gasteiger partial charge in [-0.15, -0.1) is 0 Å². The van der Waals surface area contributed by atoms with Gasteiger partial charge in [-0.2, -0.15) is 0 Å². The van der Waals surface area contributed by atoms with Crippen LogP contribution < -0.4 is 0 Å². The Hall–Kier alpha value is -1.93. The van der Waals surface area contributed by atoms with Crippen molar-refractivity contribution < 1.29 is 18.0 Å². The number of carbonyl (C=O) groups is 2. The third kappa shape index (κ3) is 8.74. The molecule has 33 heavy (non-hydrogen) atoms. The molecule has 1 aliphatic rings. The SMILES string of the molecule is CCCN(CCCCN1CCCN(C(=O)CC)CC1=O)C(C)Cc1ccc(S(C)(=O)=O)cc1. The molecular formula is C25H41N3O4S. The highest BCUT2D eigenvalue weighted by molar-refractivity contribution is 7.90. The first kappa shape index (κ1) is 27.3. The van der Waals surface area contributed by atoms with Crippen LogP contribution in [0.4, 0.5) is 0 Å². The van der Waals surface area contributed by atoms with Crippen LogP contribution in [0, 0.1) is 0 Å². The van der Waals surface area contributed by atoms with Gasteiger partial charge in [-0.25, -0.2) is 8.42 Å². The van der Waals surface area contributed by atoms with Gasteiger partial charge in [-0.3, -0.25) is 9.59 Å². The fraction of sp³-hybridized carbons (Fsp3) is 0.680. The zero-order valence-corrected chi connectivity index (χ0v) is 21.6. The molecule has 0 aliphatic carbocycles. The maximum atomic E-state index is 12.6. The van der Waals surface area contributed by atoms with Crippen LogP contribution in [0.25, 0.3) is 0 Å². The fourth-order valence-corrected chi connectivity index (χ4v) is 5.02. The first-order valence-electron chi connectivity index (χ1n) is 12.2. The van der Waals surface area contributed by atoms with Gasteiger partial charge >= 0.3 is 0 Å². The Bertz CT molecular complexity index is 870. The number of benzene rings is 1. The van der Waals surface area contributed by atoms with E-state index >= 15 is 0 Å². The van der Waals surface area contributed by atoms with Gasteiger partial charge in [-0.05, 0) is 69.8 Å². The highest BCUT2D eigenvalue weighted by atomic mass is 32.2. The number of nitrogens with zero attached hydrogens (tertiary/aromatic N) is 3. The Kier molecular flexibility index (Phi) is 10.8. The second kappa shape index (κ2) is 13.1. The van der Waals surface area contributed by atoms with E-state index in [1.807, 2.05) is 24.0 Å². The number of carbonyl (C=O) groups excluding carboxylic acids is 2. The average molecular weight is 480 g/mol. The first-order chi connectivity index (χ1) is 15.7. The molecule has 0 saturated carbocycles. The minimum Gasteiger partial charge on any atom is -0.341 e. The topological polar surface area (TPSA) is 78.0 Å². The van der Waals surface area contributed by atoms with Crippen LogP contribution in [0.15, 0.2) is 29.2 Å². The number of unbranched alkanes of at least 4 members (excludes halogenated alkanes) is 1. The number of rotatable bonds is 12. The molecule has 8 heteroatoms. The Morgan fingerprint density at radius 2 is 1.79 bits per heavy atom. The zero-order chi connectivity index (χ0) is 24.4. The fourth-order valence-electron chi connectivity index (χ4n) is 4.39. The van der Waals surface area contributed by atoms with Crippen molar-refractivity contribution in [2.45, 2.75) is 70.2 Å². The van der Waals surface area contributed by atoms with Crippen LogP contribution in [0.1, 0.15) is 58.4 Å². The summed E-state index contributed by atoms with van der Waals surface area (Å²) in [5.74, 6) is 0.117. The summed E-state index contributed by atoms with van der Waals surface area (Å²) in [6.07, 6.45) is 6.42. The maximum Gasteiger partial charge on any atom is 0.242 e. The molecule has 1 aromatic carbocycles. The number of amides is 2. The summed E-state index contributed by atoms with van der Waals surface area (Å²) in [6, 6.07) is 7.55. The molecule has 186 valence electrons. The van der Waals surface area contributed by atoms with Crippen molar-refractivity contribution in [3.8, 4) is 0 Å². The van der Waals surface area contributed by atoms with Crippen LogP contribution in [-0.4, -0.2) is 86.5 Å². The number of hydrogen-bond donors (Lipinski definition) is 0. The van der Waals surface area contributed by atoms with E-state index in [1.54, 1.807) is 17.0 Å². The van der Waals surface area contributed by atoms with Crippen molar-refractivity contribution >= 4 is 21.7 Å².